The van der Waals surface area contributed by atoms with Crippen molar-refractivity contribution in [3.63, 3.8) is 0 Å². The van der Waals surface area contributed by atoms with Crippen LogP contribution in [0.1, 0.15) is 5.69 Å². The molecular formula is C19H14F3N3O4S. The lowest BCUT2D eigenvalue weighted by Gasteiger charge is -2.08. The zero-order chi connectivity index (χ0) is 21.8. The molecule has 0 aliphatic carbocycles. The summed E-state index contributed by atoms with van der Waals surface area (Å²) in [5.74, 6) is -0.594. The number of nitrogens with zero attached hydrogens (tertiary/aromatic N) is 3. The van der Waals surface area contributed by atoms with Gasteiger partial charge in [-0.3, -0.25) is 4.57 Å². The van der Waals surface area contributed by atoms with Crippen LogP contribution in [0.2, 0.25) is 0 Å². The van der Waals surface area contributed by atoms with Gasteiger partial charge in [-0.25, -0.2) is 17.9 Å². The molecule has 0 radical (unpaired) electrons. The lowest BCUT2D eigenvalue weighted by Crippen LogP contribution is -2.08. The largest absolute Gasteiger partial charge is 0.435 e. The Kier molecular flexibility index (Phi) is 4.38. The van der Waals surface area contributed by atoms with Crippen molar-refractivity contribution >= 4 is 20.9 Å². The summed E-state index contributed by atoms with van der Waals surface area (Å²) < 4.78 is 70.7. The van der Waals surface area contributed by atoms with Gasteiger partial charge < -0.3 is 4.42 Å². The van der Waals surface area contributed by atoms with Crippen molar-refractivity contribution in [2.75, 3.05) is 6.26 Å². The van der Waals surface area contributed by atoms with Crippen molar-refractivity contribution in [3.05, 3.63) is 64.8 Å². The van der Waals surface area contributed by atoms with E-state index in [9.17, 15) is 26.4 Å². The monoisotopic (exact) mass is 437 g/mol. The first-order valence-corrected chi connectivity index (χ1v) is 10.4. The Hall–Kier alpha value is -3.34. The van der Waals surface area contributed by atoms with Crippen LogP contribution >= 0.6 is 0 Å². The van der Waals surface area contributed by atoms with Gasteiger partial charge in [0, 0.05) is 18.9 Å². The molecule has 0 aliphatic heterocycles. The second-order valence-electron chi connectivity index (χ2n) is 6.70. The van der Waals surface area contributed by atoms with E-state index in [0.29, 0.717) is 11.1 Å². The van der Waals surface area contributed by atoms with E-state index in [4.69, 9.17) is 4.42 Å². The molecule has 156 valence electrons. The summed E-state index contributed by atoms with van der Waals surface area (Å²) in [6.45, 7) is 0. The van der Waals surface area contributed by atoms with Gasteiger partial charge >= 0.3 is 11.9 Å². The van der Waals surface area contributed by atoms with Crippen LogP contribution in [0, 0.1) is 0 Å². The van der Waals surface area contributed by atoms with Crippen molar-refractivity contribution in [1.82, 2.24) is 14.3 Å². The smallest absolute Gasteiger partial charge is 0.408 e. The number of halogens is 3. The van der Waals surface area contributed by atoms with Gasteiger partial charge in [-0.05, 0) is 42.5 Å². The average Bonchev–Trinajstić information content (AvgIpc) is 3.23. The lowest BCUT2D eigenvalue weighted by molar-refractivity contribution is -0.141. The fourth-order valence-corrected chi connectivity index (χ4v) is 3.68. The quantitative estimate of drug-likeness (QED) is 0.490. The summed E-state index contributed by atoms with van der Waals surface area (Å²) in [6, 6.07) is 10.8. The molecule has 7 nitrogen and oxygen atoms in total. The molecule has 0 N–H and O–H groups in total. The summed E-state index contributed by atoms with van der Waals surface area (Å²) >= 11 is 0. The van der Waals surface area contributed by atoms with E-state index in [1.807, 2.05) is 0 Å². The third-order valence-electron chi connectivity index (χ3n) is 4.60. The second kappa shape index (κ2) is 6.59. The van der Waals surface area contributed by atoms with Crippen molar-refractivity contribution in [3.8, 4) is 16.9 Å². The maximum Gasteiger partial charge on any atom is 0.435 e. The minimum atomic E-state index is -4.68. The molecule has 0 spiro atoms. The normalized spacial score (nSPS) is 12.6. The number of hydrogen-bond acceptors (Lipinski definition) is 5. The highest BCUT2D eigenvalue weighted by Crippen LogP contribution is 2.34. The second-order valence-corrected chi connectivity index (χ2v) is 8.72. The zero-order valence-corrected chi connectivity index (χ0v) is 16.5. The van der Waals surface area contributed by atoms with Crippen LogP contribution < -0.4 is 5.76 Å². The molecule has 0 bridgehead atoms. The molecule has 11 heteroatoms. The van der Waals surface area contributed by atoms with Gasteiger partial charge in [0.05, 0.1) is 21.8 Å². The number of oxazole rings is 1. The lowest BCUT2D eigenvalue weighted by atomic mass is 10.1. The zero-order valence-electron chi connectivity index (χ0n) is 15.6. The van der Waals surface area contributed by atoms with E-state index in [2.05, 4.69) is 5.10 Å². The van der Waals surface area contributed by atoms with Crippen molar-refractivity contribution in [1.29, 1.82) is 0 Å². The Morgan fingerprint density at radius 1 is 1.03 bits per heavy atom. The fraction of sp³-hybridized carbons (Fsp3) is 0.158. The minimum Gasteiger partial charge on any atom is -0.408 e. The molecule has 0 unspecified atom stereocenters. The van der Waals surface area contributed by atoms with E-state index >= 15 is 0 Å². The molecule has 2 aromatic heterocycles. The Bertz CT molecular complexity index is 1430. The molecule has 0 amide bonds. The number of aromatic nitrogens is 3. The SMILES string of the molecule is Cn1c(=O)oc2cc(-c3cc(C(F)(F)F)nn3-c3ccc(S(C)(=O)=O)cc3)ccc21. The first-order valence-electron chi connectivity index (χ1n) is 8.53. The number of benzene rings is 2. The van der Waals surface area contributed by atoms with E-state index in [-0.39, 0.29) is 21.9 Å². The van der Waals surface area contributed by atoms with Crippen LogP contribution in [-0.4, -0.2) is 29.0 Å². The first-order chi connectivity index (χ1) is 13.9. The highest BCUT2D eigenvalue weighted by atomic mass is 32.2. The average molecular weight is 437 g/mol. The predicted molar refractivity (Wildman–Crippen MR) is 102 cm³/mol. The molecule has 2 heterocycles. The third-order valence-corrected chi connectivity index (χ3v) is 5.73. The van der Waals surface area contributed by atoms with E-state index in [1.54, 1.807) is 12.1 Å². The summed E-state index contributed by atoms with van der Waals surface area (Å²) in [4.78, 5) is 11.7. The van der Waals surface area contributed by atoms with Gasteiger partial charge in [0.2, 0.25) is 0 Å². The van der Waals surface area contributed by atoms with Crippen LogP contribution in [0.25, 0.3) is 28.0 Å². The highest BCUT2D eigenvalue weighted by Gasteiger charge is 2.35. The summed E-state index contributed by atoms with van der Waals surface area (Å²) in [6.07, 6.45) is -3.65. The van der Waals surface area contributed by atoms with Gasteiger partial charge in [-0.2, -0.15) is 18.3 Å². The molecule has 4 aromatic rings. The van der Waals surface area contributed by atoms with E-state index in [0.717, 1.165) is 17.0 Å². The molecular weight excluding hydrogens is 423 g/mol. The molecule has 0 aliphatic rings. The van der Waals surface area contributed by atoms with E-state index in [1.165, 1.54) is 41.9 Å². The van der Waals surface area contributed by atoms with Gasteiger partial charge in [0.1, 0.15) is 0 Å². The Balaban J connectivity index is 1.91. The van der Waals surface area contributed by atoms with Gasteiger partial charge in [-0.15, -0.1) is 0 Å². The topological polar surface area (TPSA) is 87.1 Å². The molecule has 4 rings (SSSR count). The summed E-state index contributed by atoms with van der Waals surface area (Å²) in [5, 5.41) is 3.67. The van der Waals surface area contributed by atoms with Gasteiger partial charge in [-0.1, -0.05) is 6.07 Å². The number of sulfone groups is 1. The maximum absolute atomic E-state index is 13.3. The van der Waals surface area contributed by atoms with Crippen LogP contribution in [0.4, 0.5) is 13.2 Å². The van der Waals surface area contributed by atoms with Crippen LogP contribution in [-0.2, 0) is 23.1 Å². The number of aryl methyl sites for hydroxylation is 1. The molecule has 0 saturated carbocycles. The Morgan fingerprint density at radius 2 is 1.70 bits per heavy atom. The number of alkyl halides is 3. The van der Waals surface area contributed by atoms with E-state index < -0.39 is 27.5 Å². The first kappa shape index (κ1) is 20.0. The van der Waals surface area contributed by atoms with Gasteiger partial charge in [0.25, 0.3) is 0 Å². The van der Waals surface area contributed by atoms with Crippen LogP contribution in [0.15, 0.2) is 62.6 Å². The molecule has 30 heavy (non-hydrogen) atoms. The molecule has 0 fully saturated rings. The minimum absolute atomic E-state index is 0.0310. The molecule has 0 atom stereocenters. The Morgan fingerprint density at radius 3 is 2.30 bits per heavy atom. The number of hydrogen-bond donors (Lipinski definition) is 0. The predicted octanol–water partition coefficient (Wildman–Crippen LogP) is 3.41. The van der Waals surface area contributed by atoms with Crippen LogP contribution in [0.5, 0.6) is 0 Å². The fourth-order valence-electron chi connectivity index (χ4n) is 3.05. The Labute approximate surface area is 167 Å². The molecule has 2 aromatic carbocycles. The third kappa shape index (κ3) is 3.41. The molecule has 0 saturated heterocycles. The highest BCUT2D eigenvalue weighted by molar-refractivity contribution is 7.90. The maximum atomic E-state index is 13.3. The standard InChI is InChI=1S/C19H14F3N3O4S/c1-24-14-8-3-11(9-16(14)29-18(24)26)15-10-17(19(20,21)22)23-25(15)12-4-6-13(7-5-12)30(2,27)28/h3-10H,1-2H3. The van der Waals surface area contributed by atoms with Crippen molar-refractivity contribution in [2.45, 2.75) is 11.1 Å². The summed E-state index contributed by atoms with van der Waals surface area (Å²) in [7, 11) is -1.95. The van der Waals surface area contributed by atoms with Gasteiger partial charge in [0.15, 0.2) is 21.1 Å². The van der Waals surface area contributed by atoms with Crippen LogP contribution in [0.3, 0.4) is 0 Å². The van der Waals surface area contributed by atoms with Crippen molar-refractivity contribution in [2.24, 2.45) is 7.05 Å². The van der Waals surface area contributed by atoms with Crippen molar-refractivity contribution < 1.29 is 26.0 Å². The summed E-state index contributed by atoms with van der Waals surface area (Å²) in [5.41, 5.74) is 0.272. The number of rotatable bonds is 3. The number of fused-ring (bicyclic) bond motifs is 1.